The molecule has 0 aromatic carbocycles. The van der Waals surface area contributed by atoms with Crippen molar-refractivity contribution in [1.29, 1.82) is 0 Å². The van der Waals surface area contributed by atoms with Crippen LogP contribution in [-0.2, 0) is 17.1 Å². The standard InChI is InChI=1S/C19H27N5O3S/c1-19(2)10-15(19)16-9-17(27-13-7-5-4-6-8-13)22-18(21-16)23-28(25,26)14-11-20-24(3)12-14/h9,11-13,15H,4-8,10H2,1-3H3,(H,21,22,23). The smallest absolute Gasteiger partial charge is 0.267 e. The van der Waals surface area contributed by atoms with Crippen molar-refractivity contribution in [3.63, 3.8) is 0 Å². The van der Waals surface area contributed by atoms with Gasteiger partial charge < -0.3 is 4.74 Å². The van der Waals surface area contributed by atoms with E-state index in [0.29, 0.717) is 5.88 Å². The number of anilines is 1. The van der Waals surface area contributed by atoms with Gasteiger partial charge in [0.15, 0.2) is 0 Å². The first kappa shape index (κ1) is 19.2. The number of aromatic nitrogens is 4. The van der Waals surface area contributed by atoms with Gasteiger partial charge in [0.1, 0.15) is 11.0 Å². The van der Waals surface area contributed by atoms with Crippen LogP contribution in [0.5, 0.6) is 5.88 Å². The summed E-state index contributed by atoms with van der Waals surface area (Å²) in [5, 5.41) is 3.93. The Labute approximate surface area is 165 Å². The first-order chi connectivity index (χ1) is 13.2. The van der Waals surface area contributed by atoms with Crippen LogP contribution in [0.15, 0.2) is 23.4 Å². The number of rotatable bonds is 6. The fourth-order valence-electron chi connectivity index (χ4n) is 3.77. The molecule has 152 valence electrons. The topological polar surface area (TPSA) is 99.0 Å². The van der Waals surface area contributed by atoms with Crippen molar-refractivity contribution in [2.24, 2.45) is 12.5 Å². The second-order valence-corrected chi connectivity index (χ2v) is 10.2. The summed E-state index contributed by atoms with van der Waals surface area (Å²) in [5.41, 5.74) is 0.991. The van der Waals surface area contributed by atoms with Crippen molar-refractivity contribution in [1.82, 2.24) is 19.7 Å². The van der Waals surface area contributed by atoms with E-state index in [9.17, 15) is 8.42 Å². The summed E-state index contributed by atoms with van der Waals surface area (Å²) in [6.07, 6.45) is 9.44. The maximum atomic E-state index is 12.7. The van der Waals surface area contributed by atoms with Crippen molar-refractivity contribution in [3.8, 4) is 5.88 Å². The van der Waals surface area contributed by atoms with Crippen LogP contribution >= 0.6 is 0 Å². The Balaban J connectivity index is 1.61. The molecule has 2 fully saturated rings. The molecule has 2 aromatic heterocycles. The van der Waals surface area contributed by atoms with Gasteiger partial charge in [-0.15, -0.1) is 0 Å². The van der Waals surface area contributed by atoms with Crippen LogP contribution < -0.4 is 9.46 Å². The van der Waals surface area contributed by atoms with Crippen LogP contribution in [0.4, 0.5) is 5.95 Å². The van der Waals surface area contributed by atoms with Gasteiger partial charge in [0, 0.05) is 25.2 Å². The molecule has 1 atom stereocenters. The van der Waals surface area contributed by atoms with Gasteiger partial charge in [-0.25, -0.2) is 18.1 Å². The lowest BCUT2D eigenvalue weighted by Crippen LogP contribution is -2.21. The number of nitrogens with zero attached hydrogens (tertiary/aromatic N) is 4. The van der Waals surface area contributed by atoms with Crippen molar-refractivity contribution in [2.75, 3.05) is 4.72 Å². The molecule has 1 unspecified atom stereocenters. The molecule has 0 spiro atoms. The van der Waals surface area contributed by atoms with Crippen LogP contribution in [0.3, 0.4) is 0 Å². The zero-order valence-electron chi connectivity index (χ0n) is 16.6. The fraction of sp³-hybridized carbons (Fsp3) is 0.632. The van der Waals surface area contributed by atoms with E-state index < -0.39 is 10.0 Å². The van der Waals surface area contributed by atoms with Gasteiger partial charge in [0.05, 0.1) is 11.9 Å². The number of hydrogen-bond donors (Lipinski definition) is 1. The van der Waals surface area contributed by atoms with E-state index in [2.05, 4.69) is 33.6 Å². The SMILES string of the molecule is Cn1cc(S(=O)(=O)Nc2nc(OC3CCCCC3)cc(C3CC3(C)C)n2)cn1. The maximum Gasteiger partial charge on any atom is 0.267 e. The van der Waals surface area contributed by atoms with Gasteiger partial charge in [0.25, 0.3) is 10.0 Å². The summed E-state index contributed by atoms with van der Waals surface area (Å²) >= 11 is 0. The summed E-state index contributed by atoms with van der Waals surface area (Å²) in [6, 6.07) is 1.87. The molecular formula is C19H27N5O3S. The average molecular weight is 406 g/mol. The maximum absolute atomic E-state index is 12.7. The van der Waals surface area contributed by atoms with Gasteiger partial charge >= 0.3 is 0 Å². The molecule has 0 aliphatic heterocycles. The minimum Gasteiger partial charge on any atom is -0.474 e. The molecule has 9 heteroatoms. The zero-order valence-corrected chi connectivity index (χ0v) is 17.4. The number of sulfonamides is 1. The minimum atomic E-state index is -3.81. The third-order valence-electron chi connectivity index (χ3n) is 5.65. The van der Waals surface area contributed by atoms with E-state index in [0.717, 1.165) is 37.8 Å². The predicted octanol–water partition coefficient (Wildman–Crippen LogP) is 3.24. The Kier molecular flexibility index (Phi) is 4.81. The van der Waals surface area contributed by atoms with E-state index in [1.165, 1.54) is 23.5 Å². The number of ether oxygens (including phenoxy) is 1. The van der Waals surface area contributed by atoms with Crippen molar-refractivity contribution >= 4 is 16.0 Å². The summed E-state index contributed by atoms with van der Waals surface area (Å²) in [7, 11) is -2.14. The Bertz CT molecular complexity index is 964. The van der Waals surface area contributed by atoms with Crippen LogP contribution in [-0.4, -0.2) is 34.3 Å². The highest BCUT2D eigenvalue weighted by Crippen LogP contribution is 2.58. The molecule has 2 aliphatic carbocycles. The average Bonchev–Trinajstić information content (AvgIpc) is 3.04. The molecule has 2 saturated carbocycles. The van der Waals surface area contributed by atoms with Crippen molar-refractivity contribution in [3.05, 3.63) is 24.2 Å². The lowest BCUT2D eigenvalue weighted by molar-refractivity contribution is 0.148. The van der Waals surface area contributed by atoms with Crippen LogP contribution in [0, 0.1) is 5.41 Å². The lowest BCUT2D eigenvalue weighted by Gasteiger charge is -2.22. The molecule has 8 nitrogen and oxygen atoms in total. The van der Waals surface area contributed by atoms with E-state index in [-0.39, 0.29) is 28.3 Å². The molecule has 1 N–H and O–H groups in total. The lowest BCUT2D eigenvalue weighted by atomic mass is 9.98. The van der Waals surface area contributed by atoms with E-state index in [1.54, 1.807) is 7.05 Å². The first-order valence-corrected chi connectivity index (χ1v) is 11.3. The van der Waals surface area contributed by atoms with Gasteiger partial charge in [-0.05, 0) is 37.5 Å². The highest BCUT2D eigenvalue weighted by molar-refractivity contribution is 7.92. The third kappa shape index (κ3) is 4.14. The Hall–Kier alpha value is -2.16. The molecule has 2 aromatic rings. The van der Waals surface area contributed by atoms with Crippen LogP contribution in [0.2, 0.25) is 0 Å². The zero-order chi connectivity index (χ0) is 19.9. The molecule has 4 rings (SSSR count). The quantitative estimate of drug-likeness (QED) is 0.792. The second-order valence-electron chi connectivity index (χ2n) is 8.53. The molecule has 0 radical (unpaired) electrons. The van der Waals surface area contributed by atoms with Crippen molar-refractivity contribution in [2.45, 2.75) is 69.3 Å². The molecular weight excluding hydrogens is 378 g/mol. The van der Waals surface area contributed by atoms with Crippen LogP contribution in [0.1, 0.15) is 64.0 Å². The molecule has 0 bridgehead atoms. The monoisotopic (exact) mass is 405 g/mol. The molecule has 28 heavy (non-hydrogen) atoms. The molecule has 0 amide bonds. The molecule has 2 aliphatic rings. The first-order valence-electron chi connectivity index (χ1n) is 9.80. The Morgan fingerprint density at radius 3 is 2.54 bits per heavy atom. The number of hydrogen-bond acceptors (Lipinski definition) is 6. The van der Waals surface area contributed by atoms with Gasteiger partial charge in [0.2, 0.25) is 11.8 Å². The summed E-state index contributed by atoms with van der Waals surface area (Å²) in [5.74, 6) is 0.782. The molecule has 0 saturated heterocycles. The number of aryl methyl sites for hydroxylation is 1. The van der Waals surface area contributed by atoms with Crippen molar-refractivity contribution < 1.29 is 13.2 Å². The van der Waals surface area contributed by atoms with Crippen LogP contribution in [0.25, 0.3) is 0 Å². The van der Waals surface area contributed by atoms with E-state index in [1.807, 2.05) is 6.07 Å². The number of nitrogens with one attached hydrogen (secondary N) is 1. The fourth-order valence-corrected chi connectivity index (χ4v) is 4.70. The van der Waals surface area contributed by atoms with E-state index in [4.69, 9.17) is 4.74 Å². The Morgan fingerprint density at radius 1 is 1.21 bits per heavy atom. The largest absolute Gasteiger partial charge is 0.474 e. The summed E-state index contributed by atoms with van der Waals surface area (Å²) in [6.45, 7) is 4.36. The summed E-state index contributed by atoms with van der Waals surface area (Å²) < 4.78 is 35.3. The normalized spacial score (nSPS) is 22.0. The second kappa shape index (κ2) is 7.02. The van der Waals surface area contributed by atoms with E-state index >= 15 is 0 Å². The van der Waals surface area contributed by atoms with Gasteiger partial charge in [-0.2, -0.15) is 10.1 Å². The minimum absolute atomic E-state index is 0.0508. The highest BCUT2D eigenvalue weighted by Gasteiger charge is 2.48. The third-order valence-corrected chi connectivity index (χ3v) is 6.93. The van der Waals surface area contributed by atoms with Gasteiger partial charge in [-0.3, -0.25) is 4.68 Å². The molecule has 2 heterocycles. The predicted molar refractivity (Wildman–Crippen MR) is 105 cm³/mol. The Morgan fingerprint density at radius 2 is 1.93 bits per heavy atom. The highest BCUT2D eigenvalue weighted by atomic mass is 32.2. The van der Waals surface area contributed by atoms with Gasteiger partial charge in [-0.1, -0.05) is 20.3 Å². The summed E-state index contributed by atoms with van der Waals surface area (Å²) in [4.78, 5) is 8.92.